The van der Waals surface area contributed by atoms with Crippen LogP contribution in [0.2, 0.25) is 0 Å². The summed E-state index contributed by atoms with van der Waals surface area (Å²) < 4.78 is 0. The van der Waals surface area contributed by atoms with Crippen molar-refractivity contribution in [3.63, 3.8) is 0 Å². The van der Waals surface area contributed by atoms with Gasteiger partial charge in [-0.15, -0.1) is 0 Å². The second-order valence-electron chi connectivity index (χ2n) is 5.91. The first-order chi connectivity index (χ1) is 10.9. The Morgan fingerprint density at radius 1 is 0.591 bits per heavy atom. The largest absolute Gasteiger partial charge is 0.0687 e. The van der Waals surface area contributed by atoms with Gasteiger partial charge in [0.05, 0.1) is 0 Å². The summed E-state index contributed by atoms with van der Waals surface area (Å²) in [6, 6.07) is 30.4. The minimum atomic E-state index is -0.0725. The van der Waals surface area contributed by atoms with Gasteiger partial charge in [0.1, 0.15) is 0 Å². The zero-order chi connectivity index (χ0) is 14.8. The van der Waals surface area contributed by atoms with Crippen LogP contribution in [0.5, 0.6) is 0 Å². The molecular formula is C22H18. The summed E-state index contributed by atoms with van der Waals surface area (Å²) in [5.41, 5.74) is 5.39. The van der Waals surface area contributed by atoms with Crippen LogP contribution in [0.25, 0.3) is 6.08 Å². The number of benzene rings is 3. The molecule has 0 nitrogen and oxygen atoms in total. The summed E-state index contributed by atoms with van der Waals surface area (Å²) in [6.45, 7) is 0. The summed E-state index contributed by atoms with van der Waals surface area (Å²) >= 11 is 0. The Kier molecular flexibility index (Phi) is 3.16. The molecule has 0 bridgehead atoms. The molecule has 0 aromatic heterocycles. The molecule has 0 atom stereocenters. The SMILES string of the molecule is C1=CC(c2ccccc2)(c2ccccc2)Cc2ccccc21. The molecule has 0 spiro atoms. The first-order valence-corrected chi connectivity index (χ1v) is 7.77. The molecule has 0 saturated heterocycles. The van der Waals surface area contributed by atoms with Gasteiger partial charge in [0.2, 0.25) is 0 Å². The molecule has 0 heterocycles. The summed E-state index contributed by atoms with van der Waals surface area (Å²) in [5.74, 6) is 0. The van der Waals surface area contributed by atoms with E-state index in [2.05, 4.69) is 97.1 Å². The maximum atomic E-state index is 2.38. The summed E-state index contributed by atoms with van der Waals surface area (Å²) in [5, 5.41) is 0. The van der Waals surface area contributed by atoms with Crippen LogP contribution in [-0.4, -0.2) is 0 Å². The Bertz CT molecular complexity index is 758. The fourth-order valence-electron chi connectivity index (χ4n) is 3.48. The zero-order valence-electron chi connectivity index (χ0n) is 12.4. The van der Waals surface area contributed by atoms with Crippen molar-refractivity contribution in [3.8, 4) is 0 Å². The standard InChI is InChI=1S/C22H18/c1-3-11-20(12-4-1)22(21-13-5-2-6-14-21)16-15-18-9-7-8-10-19(18)17-22/h1-16H,17H2. The highest BCUT2D eigenvalue weighted by Gasteiger charge is 2.34. The van der Waals surface area contributed by atoms with Crippen LogP contribution in [0.3, 0.4) is 0 Å². The molecule has 0 radical (unpaired) electrons. The van der Waals surface area contributed by atoms with Gasteiger partial charge in [-0.25, -0.2) is 0 Å². The lowest BCUT2D eigenvalue weighted by Crippen LogP contribution is -2.30. The molecule has 1 aliphatic rings. The molecule has 22 heavy (non-hydrogen) atoms. The number of rotatable bonds is 2. The third-order valence-corrected chi connectivity index (χ3v) is 4.65. The minimum absolute atomic E-state index is 0.0725. The number of fused-ring (bicyclic) bond motifs is 1. The van der Waals surface area contributed by atoms with Gasteiger partial charge in [0.15, 0.2) is 0 Å². The highest BCUT2D eigenvalue weighted by molar-refractivity contribution is 5.64. The molecule has 4 rings (SSSR count). The quantitative estimate of drug-likeness (QED) is 0.603. The van der Waals surface area contributed by atoms with Crippen molar-refractivity contribution < 1.29 is 0 Å². The number of hydrogen-bond donors (Lipinski definition) is 0. The van der Waals surface area contributed by atoms with Crippen molar-refractivity contribution in [1.29, 1.82) is 0 Å². The Hall–Kier alpha value is -2.60. The Morgan fingerprint density at radius 2 is 1.14 bits per heavy atom. The van der Waals surface area contributed by atoms with Crippen LogP contribution in [0, 0.1) is 0 Å². The van der Waals surface area contributed by atoms with Gasteiger partial charge >= 0.3 is 0 Å². The molecule has 0 amide bonds. The lowest BCUT2D eigenvalue weighted by Gasteiger charge is -2.35. The third kappa shape index (κ3) is 2.08. The first-order valence-electron chi connectivity index (χ1n) is 7.77. The van der Waals surface area contributed by atoms with E-state index in [1.54, 1.807) is 0 Å². The highest BCUT2D eigenvalue weighted by Crippen LogP contribution is 2.41. The molecule has 3 aromatic rings. The molecular weight excluding hydrogens is 264 g/mol. The van der Waals surface area contributed by atoms with Gasteiger partial charge in [0.25, 0.3) is 0 Å². The summed E-state index contributed by atoms with van der Waals surface area (Å²) in [4.78, 5) is 0. The molecule has 0 fully saturated rings. The van der Waals surface area contributed by atoms with E-state index in [-0.39, 0.29) is 5.41 Å². The fraction of sp³-hybridized carbons (Fsp3) is 0.0909. The van der Waals surface area contributed by atoms with Crippen molar-refractivity contribution in [2.75, 3.05) is 0 Å². The maximum absolute atomic E-state index is 2.38. The Morgan fingerprint density at radius 3 is 1.77 bits per heavy atom. The van der Waals surface area contributed by atoms with E-state index in [4.69, 9.17) is 0 Å². The average Bonchev–Trinajstić information content (AvgIpc) is 2.63. The second-order valence-corrected chi connectivity index (χ2v) is 5.91. The van der Waals surface area contributed by atoms with E-state index < -0.39 is 0 Å². The van der Waals surface area contributed by atoms with E-state index in [1.165, 1.54) is 22.3 Å². The predicted molar refractivity (Wildman–Crippen MR) is 92.8 cm³/mol. The van der Waals surface area contributed by atoms with Crippen LogP contribution >= 0.6 is 0 Å². The highest BCUT2D eigenvalue weighted by atomic mass is 14.4. The number of hydrogen-bond acceptors (Lipinski definition) is 0. The summed E-state index contributed by atoms with van der Waals surface area (Å²) in [6.07, 6.45) is 5.66. The average molecular weight is 282 g/mol. The second kappa shape index (κ2) is 5.31. The van der Waals surface area contributed by atoms with Crippen molar-refractivity contribution in [1.82, 2.24) is 0 Å². The van der Waals surface area contributed by atoms with Crippen molar-refractivity contribution >= 4 is 6.08 Å². The lowest BCUT2D eigenvalue weighted by molar-refractivity contribution is 0.633. The van der Waals surface area contributed by atoms with Crippen LogP contribution in [-0.2, 0) is 11.8 Å². The van der Waals surface area contributed by atoms with Gasteiger partial charge in [-0.3, -0.25) is 0 Å². The van der Waals surface area contributed by atoms with E-state index >= 15 is 0 Å². The van der Waals surface area contributed by atoms with Gasteiger partial charge < -0.3 is 0 Å². The van der Waals surface area contributed by atoms with Gasteiger partial charge in [-0.05, 0) is 28.7 Å². The molecule has 0 aliphatic heterocycles. The van der Waals surface area contributed by atoms with E-state index in [0.29, 0.717) is 0 Å². The molecule has 0 N–H and O–H groups in total. The first kappa shape index (κ1) is 13.1. The van der Waals surface area contributed by atoms with Crippen molar-refractivity contribution in [2.45, 2.75) is 11.8 Å². The molecule has 0 unspecified atom stereocenters. The fourth-order valence-corrected chi connectivity index (χ4v) is 3.48. The molecule has 1 aliphatic carbocycles. The molecule has 0 heteroatoms. The maximum Gasteiger partial charge on any atom is 0.0425 e. The van der Waals surface area contributed by atoms with Crippen LogP contribution < -0.4 is 0 Å². The van der Waals surface area contributed by atoms with E-state index in [0.717, 1.165) is 6.42 Å². The molecule has 106 valence electrons. The molecule has 3 aromatic carbocycles. The van der Waals surface area contributed by atoms with Gasteiger partial charge in [0, 0.05) is 5.41 Å². The normalized spacial score (nSPS) is 15.3. The lowest BCUT2D eigenvalue weighted by atomic mass is 9.67. The van der Waals surface area contributed by atoms with E-state index in [9.17, 15) is 0 Å². The number of allylic oxidation sites excluding steroid dienone is 1. The van der Waals surface area contributed by atoms with Crippen molar-refractivity contribution in [3.05, 3.63) is 113 Å². The monoisotopic (exact) mass is 282 g/mol. The minimum Gasteiger partial charge on any atom is -0.0687 e. The topological polar surface area (TPSA) is 0 Å². The predicted octanol–water partition coefficient (Wildman–Crippen LogP) is 5.24. The van der Waals surface area contributed by atoms with E-state index in [1.807, 2.05) is 0 Å². The van der Waals surface area contributed by atoms with Crippen LogP contribution in [0.15, 0.2) is 91.0 Å². The Balaban J connectivity index is 1.93. The van der Waals surface area contributed by atoms with Crippen molar-refractivity contribution in [2.24, 2.45) is 0 Å². The molecule has 0 saturated carbocycles. The van der Waals surface area contributed by atoms with Crippen LogP contribution in [0.1, 0.15) is 22.3 Å². The van der Waals surface area contributed by atoms with Crippen LogP contribution in [0.4, 0.5) is 0 Å². The summed E-state index contributed by atoms with van der Waals surface area (Å²) in [7, 11) is 0. The van der Waals surface area contributed by atoms with Gasteiger partial charge in [-0.1, -0.05) is 97.1 Å². The van der Waals surface area contributed by atoms with Gasteiger partial charge in [-0.2, -0.15) is 0 Å². The Labute approximate surface area is 131 Å². The smallest absolute Gasteiger partial charge is 0.0425 e. The third-order valence-electron chi connectivity index (χ3n) is 4.65. The zero-order valence-corrected chi connectivity index (χ0v) is 12.4.